The average molecular weight is 430 g/mol. The number of piperidine rings is 1. The van der Waals surface area contributed by atoms with Gasteiger partial charge in [0.2, 0.25) is 6.29 Å². The fraction of sp³-hybridized carbons (Fsp3) is 0.333. The highest BCUT2D eigenvalue weighted by Crippen LogP contribution is 2.39. The quantitative estimate of drug-likeness (QED) is 0.566. The van der Waals surface area contributed by atoms with Crippen LogP contribution in [0, 0.1) is 13.8 Å². The van der Waals surface area contributed by atoms with Crippen LogP contribution < -0.4 is 10.1 Å². The number of alkyl halides is 3. The summed E-state index contributed by atoms with van der Waals surface area (Å²) in [4.78, 5) is 13.0. The third kappa shape index (κ3) is 6.04. The van der Waals surface area contributed by atoms with E-state index in [4.69, 9.17) is 9.53 Å². The molecule has 0 unspecified atom stereocenters. The standard InChI is InChI=1S/C22H24N2O.C2HF3O/c1-15-3-5-19(16(2)13-15)22-20-9-12-24-14-17(20)4-6-21(22)25-18-7-10-23-11-8-18;3-2(4,5)1-6/h3-6,9,12-14,18,23H,7-8,10-11H2,1-2H3;1H. The third-order valence-electron chi connectivity index (χ3n) is 5.15. The molecule has 0 amide bonds. The van der Waals surface area contributed by atoms with Crippen molar-refractivity contribution in [3.05, 3.63) is 59.9 Å². The first-order chi connectivity index (χ1) is 14.8. The van der Waals surface area contributed by atoms with Gasteiger partial charge in [-0.2, -0.15) is 13.2 Å². The van der Waals surface area contributed by atoms with Gasteiger partial charge in [0.15, 0.2) is 0 Å². The normalized spacial score (nSPS) is 14.6. The van der Waals surface area contributed by atoms with Crippen LogP contribution in [0.5, 0.6) is 5.75 Å². The first-order valence-electron chi connectivity index (χ1n) is 10.1. The number of nitrogens with zero attached hydrogens (tertiary/aromatic N) is 1. The van der Waals surface area contributed by atoms with Gasteiger partial charge in [0.25, 0.3) is 0 Å². The number of ether oxygens (including phenoxy) is 1. The highest BCUT2D eigenvalue weighted by atomic mass is 19.4. The number of carbonyl (C=O) groups is 1. The van der Waals surface area contributed by atoms with Gasteiger partial charge in [-0.3, -0.25) is 9.78 Å². The van der Waals surface area contributed by atoms with Crippen molar-refractivity contribution in [1.29, 1.82) is 0 Å². The molecule has 1 N–H and O–H groups in total. The van der Waals surface area contributed by atoms with Gasteiger partial charge in [0.05, 0.1) is 0 Å². The molecule has 1 aromatic heterocycles. The second kappa shape index (κ2) is 9.92. The number of aldehydes is 1. The largest absolute Gasteiger partial charge is 0.490 e. The molecule has 0 radical (unpaired) electrons. The summed E-state index contributed by atoms with van der Waals surface area (Å²) in [6.45, 7) is 6.37. The van der Waals surface area contributed by atoms with Crippen LogP contribution in [0.25, 0.3) is 21.9 Å². The lowest BCUT2D eigenvalue weighted by Crippen LogP contribution is -2.34. The Morgan fingerprint density at radius 1 is 1.10 bits per heavy atom. The Kier molecular flexibility index (Phi) is 7.28. The Hall–Kier alpha value is -2.93. The van der Waals surface area contributed by atoms with Crippen molar-refractivity contribution in [3.8, 4) is 16.9 Å². The molecular formula is C24H25F3N2O2. The van der Waals surface area contributed by atoms with Gasteiger partial charge in [-0.05, 0) is 74.5 Å². The summed E-state index contributed by atoms with van der Waals surface area (Å²) < 4.78 is 37.7. The Morgan fingerprint density at radius 3 is 2.45 bits per heavy atom. The molecule has 4 nitrogen and oxygen atoms in total. The molecular weight excluding hydrogens is 405 g/mol. The number of hydrogen-bond donors (Lipinski definition) is 1. The minimum absolute atomic E-state index is 0.282. The van der Waals surface area contributed by atoms with E-state index in [1.165, 1.54) is 27.6 Å². The molecule has 2 aromatic carbocycles. The van der Waals surface area contributed by atoms with Gasteiger partial charge in [0.1, 0.15) is 11.9 Å². The van der Waals surface area contributed by atoms with Crippen molar-refractivity contribution in [2.24, 2.45) is 0 Å². The van der Waals surface area contributed by atoms with E-state index in [9.17, 15) is 13.2 Å². The number of pyridine rings is 1. The zero-order valence-corrected chi connectivity index (χ0v) is 17.5. The predicted molar refractivity (Wildman–Crippen MR) is 115 cm³/mol. The molecule has 0 aliphatic carbocycles. The number of halogens is 3. The van der Waals surface area contributed by atoms with E-state index in [2.05, 4.69) is 60.5 Å². The number of rotatable bonds is 3. The van der Waals surface area contributed by atoms with Crippen molar-refractivity contribution in [2.45, 2.75) is 39.0 Å². The lowest BCUT2D eigenvalue weighted by Gasteiger charge is -2.26. The Bertz CT molecular complexity index is 1040. The van der Waals surface area contributed by atoms with Gasteiger partial charge in [-0.25, -0.2) is 0 Å². The topological polar surface area (TPSA) is 51.2 Å². The summed E-state index contributed by atoms with van der Waals surface area (Å²) in [5.41, 5.74) is 4.99. The molecule has 0 bridgehead atoms. The molecule has 164 valence electrons. The monoisotopic (exact) mass is 430 g/mol. The summed E-state index contributed by atoms with van der Waals surface area (Å²) in [6.07, 6.45) is 0.486. The molecule has 1 fully saturated rings. The van der Waals surface area contributed by atoms with Crippen molar-refractivity contribution in [1.82, 2.24) is 10.3 Å². The van der Waals surface area contributed by atoms with Gasteiger partial charge in [0, 0.05) is 23.3 Å². The Labute approximate surface area is 179 Å². The average Bonchev–Trinajstić information content (AvgIpc) is 2.75. The second-order valence-corrected chi connectivity index (χ2v) is 7.58. The van der Waals surface area contributed by atoms with Crippen molar-refractivity contribution >= 4 is 17.1 Å². The van der Waals surface area contributed by atoms with Crippen molar-refractivity contribution in [3.63, 3.8) is 0 Å². The van der Waals surface area contributed by atoms with Crippen LogP contribution in [0.1, 0.15) is 24.0 Å². The minimum atomic E-state index is -4.64. The van der Waals surface area contributed by atoms with Gasteiger partial charge in [-0.1, -0.05) is 23.8 Å². The number of nitrogens with one attached hydrogen (secondary N) is 1. The molecule has 31 heavy (non-hydrogen) atoms. The van der Waals surface area contributed by atoms with Crippen LogP contribution in [0.4, 0.5) is 13.2 Å². The maximum absolute atomic E-state index is 10.4. The lowest BCUT2D eigenvalue weighted by atomic mass is 9.94. The first kappa shape index (κ1) is 22.7. The van der Waals surface area contributed by atoms with Crippen LogP contribution in [0.15, 0.2) is 48.8 Å². The van der Waals surface area contributed by atoms with E-state index >= 15 is 0 Å². The molecule has 2 heterocycles. The number of benzene rings is 2. The minimum Gasteiger partial charge on any atom is -0.490 e. The van der Waals surface area contributed by atoms with Gasteiger partial charge < -0.3 is 10.1 Å². The Balaban J connectivity index is 0.000000401. The highest BCUT2D eigenvalue weighted by Gasteiger charge is 2.25. The molecule has 4 rings (SSSR count). The zero-order valence-electron chi connectivity index (χ0n) is 17.5. The maximum atomic E-state index is 10.4. The molecule has 0 saturated carbocycles. The van der Waals surface area contributed by atoms with E-state index in [0.29, 0.717) is 0 Å². The fourth-order valence-corrected chi connectivity index (χ4v) is 3.71. The first-order valence-corrected chi connectivity index (χ1v) is 10.1. The van der Waals surface area contributed by atoms with Crippen molar-refractivity contribution in [2.75, 3.05) is 13.1 Å². The zero-order chi connectivity index (χ0) is 22.4. The molecule has 1 aliphatic rings. The van der Waals surface area contributed by atoms with Crippen LogP contribution in [-0.4, -0.2) is 36.6 Å². The number of hydrogen-bond acceptors (Lipinski definition) is 4. The summed E-state index contributed by atoms with van der Waals surface area (Å²) in [6, 6.07) is 13.0. The van der Waals surface area contributed by atoms with E-state index in [1.807, 2.05) is 12.4 Å². The molecule has 0 atom stereocenters. The fourth-order valence-electron chi connectivity index (χ4n) is 3.71. The predicted octanol–water partition coefficient (Wildman–Crippen LogP) is 5.40. The van der Waals surface area contributed by atoms with E-state index in [0.717, 1.165) is 37.1 Å². The van der Waals surface area contributed by atoms with Crippen LogP contribution in [0.3, 0.4) is 0 Å². The Morgan fingerprint density at radius 2 is 1.81 bits per heavy atom. The smallest absolute Gasteiger partial charge is 0.446 e. The molecule has 7 heteroatoms. The van der Waals surface area contributed by atoms with E-state index < -0.39 is 12.5 Å². The number of fused-ring (bicyclic) bond motifs is 1. The summed E-state index contributed by atoms with van der Waals surface area (Å²) in [5, 5.41) is 5.75. The molecule has 3 aromatic rings. The summed E-state index contributed by atoms with van der Waals surface area (Å²) >= 11 is 0. The summed E-state index contributed by atoms with van der Waals surface area (Å²) in [7, 11) is 0. The molecule has 1 aliphatic heterocycles. The molecule has 1 saturated heterocycles. The second-order valence-electron chi connectivity index (χ2n) is 7.58. The van der Waals surface area contributed by atoms with Crippen molar-refractivity contribution < 1.29 is 22.7 Å². The van der Waals surface area contributed by atoms with Crippen LogP contribution in [0.2, 0.25) is 0 Å². The van der Waals surface area contributed by atoms with Crippen LogP contribution >= 0.6 is 0 Å². The molecule has 0 spiro atoms. The number of carbonyl (C=O) groups excluding carboxylic acids is 1. The van der Waals surface area contributed by atoms with Crippen LogP contribution in [-0.2, 0) is 4.79 Å². The van der Waals surface area contributed by atoms with E-state index in [1.54, 1.807) is 0 Å². The third-order valence-corrected chi connectivity index (χ3v) is 5.15. The lowest BCUT2D eigenvalue weighted by molar-refractivity contribution is -0.156. The number of aromatic nitrogens is 1. The highest BCUT2D eigenvalue weighted by molar-refractivity contribution is 6.00. The van der Waals surface area contributed by atoms with Gasteiger partial charge >= 0.3 is 6.18 Å². The van der Waals surface area contributed by atoms with Gasteiger partial charge in [-0.15, -0.1) is 0 Å². The maximum Gasteiger partial charge on any atom is 0.446 e. The summed E-state index contributed by atoms with van der Waals surface area (Å²) in [5.74, 6) is 0.984. The number of aryl methyl sites for hydroxylation is 2. The SMILES string of the molecule is Cc1ccc(-c2c(OC3CCNCC3)ccc3cnccc23)c(C)c1.O=CC(F)(F)F. The van der Waals surface area contributed by atoms with E-state index in [-0.39, 0.29) is 6.10 Å².